The van der Waals surface area contributed by atoms with E-state index in [4.69, 9.17) is 32.9 Å². The van der Waals surface area contributed by atoms with Crippen LogP contribution >= 0.6 is 35.0 Å². The summed E-state index contributed by atoms with van der Waals surface area (Å²) in [5.41, 5.74) is 3.54. The lowest BCUT2D eigenvalue weighted by Gasteiger charge is -2.14. The second-order valence-corrected chi connectivity index (χ2v) is 9.34. The van der Waals surface area contributed by atoms with E-state index in [-0.39, 0.29) is 5.91 Å². The van der Waals surface area contributed by atoms with Crippen molar-refractivity contribution in [3.63, 3.8) is 0 Å². The molecule has 1 aromatic heterocycles. The van der Waals surface area contributed by atoms with Gasteiger partial charge in [-0.05, 0) is 55.0 Å². The molecular weight excluding hydrogens is 465 g/mol. The first-order chi connectivity index (χ1) is 15.4. The third kappa shape index (κ3) is 5.04. The molecular formula is C24H21Cl2N3O2S. The molecule has 32 heavy (non-hydrogen) atoms. The van der Waals surface area contributed by atoms with Gasteiger partial charge in [0.15, 0.2) is 5.16 Å². The Morgan fingerprint density at radius 2 is 1.88 bits per heavy atom. The number of hydrogen-bond donors (Lipinski definition) is 1. The third-order valence-electron chi connectivity index (χ3n) is 4.96. The Hall–Kier alpha value is -2.67. The molecule has 1 unspecified atom stereocenters. The van der Waals surface area contributed by atoms with E-state index in [1.165, 1.54) is 11.8 Å². The summed E-state index contributed by atoms with van der Waals surface area (Å²) in [6.07, 6.45) is 0. The number of nitrogens with one attached hydrogen (secondary N) is 1. The lowest BCUT2D eigenvalue weighted by atomic mass is 10.2. The maximum absolute atomic E-state index is 12.8. The number of para-hydroxylation sites is 2. The molecule has 5 nitrogen and oxygen atoms in total. The summed E-state index contributed by atoms with van der Waals surface area (Å²) >= 11 is 13.5. The molecule has 0 spiro atoms. The van der Waals surface area contributed by atoms with Crippen LogP contribution in [-0.4, -0.2) is 27.8 Å². The van der Waals surface area contributed by atoms with Crippen LogP contribution in [0.15, 0.2) is 71.9 Å². The zero-order valence-corrected chi connectivity index (χ0v) is 19.8. The van der Waals surface area contributed by atoms with Gasteiger partial charge in [-0.15, -0.1) is 0 Å². The number of benzene rings is 3. The summed E-state index contributed by atoms with van der Waals surface area (Å²) in [7, 11) is 1.65. The standard InChI is InChI=1S/C24H21Cl2N3O2S/c1-15(23(30)27-20-12-9-17(25)13-19(20)26)32-24-28-21-5-3-4-6-22(21)29(24)14-16-7-10-18(31-2)11-8-16/h3-13,15H,14H2,1-2H3,(H,27,30). The van der Waals surface area contributed by atoms with Crippen LogP contribution in [-0.2, 0) is 11.3 Å². The number of fused-ring (bicyclic) bond motifs is 1. The number of aromatic nitrogens is 2. The number of methoxy groups -OCH3 is 1. The van der Waals surface area contributed by atoms with Crippen molar-refractivity contribution < 1.29 is 9.53 Å². The first kappa shape index (κ1) is 22.5. The number of rotatable bonds is 7. The SMILES string of the molecule is COc1ccc(Cn2c(SC(C)C(=O)Nc3ccc(Cl)cc3Cl)nc3ccccc32)cc1. The average Bonchev–Trinajstić information content (AvgIpc) is 3.13. The Morgan fingerprint density at radius 1 is 1.12 bits per heavy atom. The first-order valence-electron chi connectivity index (χ1n) is 9.95. The van der Waals surface area contributed by atoms with Crippen molar-refractivity contribution in [3.05, 3.63) is 82.3 Å². The topological polar surface area (TPSA) is 56.1 Å². The molecule has 0 saturated carbocycles. The molecule has 164 valence electrons. The van der Waals surface area contributed by atoms with Crippen molar-refractivity contribution in [1.82, 2.24) is 9.55 Å². The van der Waals surface area contributed by atoms with E-state index in [1.54, 1.807) is 25.3 Å². The maximum atomic E-state index is 12.8. The second-order valence-electron chi connectivity index (χ2n) is 7.19. The molecule has 1 amide bonds. The van der Waals surface area contributed by atoms with Gasteiger partial charge in [0, 0.05) is 5.02 Å². The number of hydrogen-bond acceptors (Lipinski definition) is 4. The van der Waals surface area contributed by atoms with Crippen LogP contribution in [0.4, 0.5) is 5.69 Å². The van der Waals surface area contributed by atoms with Crippen LogP contribution in [0.1, 0.15) is 12.5 Å². The predicted octanol–water partition coefficient (Wildman–Crippen LogP) is 6.52. The highest BCUT2D eigenvalue weighted by Gasteiger charge is 2.20. The molecule has 1 N–H and O–H groups in total. The number of carbonyl (C=O) groups excluding carboxylic acids is 1. The van der Waals surface area contributed by atoms with E-state index < -0.39 is 5.25 Å². The van der Waals surface area contributed by atoms with Gasteiger partial charge in [-0.2, -0.15) is 0 Å². The monoisotopic (exact) mass is 485 g/mol. The van der Waals surface area contributed by atoms with Gasteiger partial charge >= 0.3 is 0 Å². The lowest BCUT2D eigenvalue weighted by molar-refractivity contribution is -0.115. The molecule has 0 saturated heterocycles. The Bertz CT molecular complexity index is 1260. The molecule has 1 heterocycles. The number of nitrogens with zero attached hydrogens (tertiary/aromatic N) is 2. The molecule has 4 aromatic rings. The van der Waals surface area contributed by atoms with Gasteiger partial charge in [0.25, 0.3) is 0 Å². The molecule has 0 aliphatic rings. The van der Waals surface area contributed by atoms with Crippen molar-refractivity contribution >= 4 is 57.6 Å². The fourth-order valence-corrected chi connectivity index (χ4v) is 4.63. The highest BCUT2D eigenvalue weighted by molar-refractivity contribution is 8.00. The quantitative estimate of drug-likeness (QED) is 0.302. The third-order valence-corrected chi connectivity index (χ3v) is 6.60. The molecule has 0 radical (unpaired) electrons. The smallest absolute Gasteiger partial charge is 0.237 e. The van der Waals surface area contributed by atoms with Crippen molar-refractivity contribution in [1.29, 1.82) is 0 Å². The van der Waals surface area contributed by atoms with Gasteiger partial charge in [0.05, 0.1) is 40.6 Å². The zero-order chi connectivity index (χ0) is 22.7. The molecule has 0 bridgehead atoms. The summed E-state index contributed by atoms with van der Waals surface area (Å²) in [6.45, 7) is 2.48. The minimum atomic E-state index is -0.395. The maximum Gasteiger partial charge on any atom is 0.237 e. The fraction of sp³-hybridized carbons (Fsp3) is 0.167. The second kappa shape index (κ2) is 9.86. The van der Waals surface area contributed by atoms with Crippen molar-refractivity contribution in [2.45, 2.75) is 23.9 Å². The van der Waals surface area contributed by atoms with Gasteiger partial charge < -0.3 is 14.6 Å². The van der Waals surface area contributed by atoms with Crippen LogP contribution in [0.2, 0.25) is 10.0 Å². The van der Waals surface area contributed by atoms with E-state index in [2.05, 4.69) is 9.88 Å². The van der Waals surface area contributed by atoms with Crippen LogP contribution in [0.25, 0.3) is 11.0 Å². The summed E-state index contributed by atoms with van der Waals surface area (Å²) in [4.78, 5) is 17.6. The Balaban J connectivity index is 1.57. The van der Waals surface area contributed by atoms with Gasteiger partial charge in [-0.1, -0.05) is 59.2 Å². The zero-order valence-electron chi connectivity index (χ0n) is 17.5. The fourth-order valence-electron chi connectivity index (χ4n) is 3.25. The number of thioether (sulfide) groups is 1. The number of halogens is 2. The molecule has 8 heteroatoms. The van der Waals surface area contributed by atoms with Crippen LogP contribution in [0.5, 0.6) is 5.75 Å². The van der Waals surface area contributed by atoms with Crippen molar-refractivity contribution in [3.8, 4) is 5.75 Å². The molecule has 4 rings (SSSR count). The number of imidazole rings is 1. The summed E-state index contributed by atoms with van der Waals surface area (Å²) in [6, 6.07) is 20.9. The highest BCUT2D eigenvalue weighted by Crippen LogP contribution is 2.30. The molecule has 0 aliphatic carbocycles. The van der Waals surface area contributed by atoms with Gasteiger partial charge in [-0.3, -0.25) is 4.79 Å². The minimum absolute atomic E-state index is 0.165. The number of carbonyl (C=O) groups is 1. The van der Waals surface area contributed by atoms with Crippen LogP contribution < -0.4 is 10.1 Å². The Kier molecular flexibility index (Phi) is 6.94. The average molecular weight is 486 g/mol. The summed E-state index contributed by atoms with van der Waals surface area (Å²) in [5.74, 6) is 0.646. The predicted molar refractivity (Wildman–Crippen MR) is 132 cm³/mol. The van der Waals surface area contributed by atoms with Crippen LogP contribution in [0, 0.1) is 0 Å². The van der Waals surface area contributed by atoms with Gasteiger partial charge in [0.2, 0.25) is 5.91 Å². The van der Waals surface area contributed by atoms with E-state index in [9.17, 15) is 4.79 Å². The molecule has 0 fully saturated rings. The van der Waals surface area contributed by atoms with E-state index in [0.717, 1.165) is 27.5 Å². The summed E-state index contributed by atoms with van der Waals surface area (Å²) in [5, 5.41) is 4.16. The number of anilines is 1. The first-order valence-corrected chi connectivity index (χ1v) is 11.6. The van der Waals surface area contributed by atoms with E-state index in [1.807, 2.05) is 55.5 Å². The van der Waals surface area contributed by atoms with Crippen LogP contribution in [0.3, 0.4) is 0 Å². The molecule has 3 aromatic carbocycles. The largest absolute Gasteiger partial charge is 0.497 e. The summed E-state index contributed by atoms with van der Waals surface area (Å²) < 4.78 is 7.38. The minimum Gasteiger partial charge on any atom is -0.497 e. The van der Waals surface area contributed by atoms with Gasteiger partial charge in [0.1, 0.15) is 5.75 Å². The highest BCUT2D eigenvalue weighted by atomic mass is 35.5. The van der Waals surface area contributed by atoms with E-state index in [0.29, 0.717) is 22.3 Å². The Labute approximate surface area is 200 Å². The van der Waals surface area contributed by atoms with Gasteiger partial charge in [-0.25, -0.2) is 4.98 Å². The van der Waals surface area contributed by atoms with E-state index >= 15 is 0 Å². The normalized spacial score (nSPS) is 12.0. The van der Waals surface area contributed by atoms with Crippen molar-refractivity contribution in [2.24, 2.45) is 0 Å². The Morgan fingerprint density at radius 3 is 2.59 bits per heavy atom. The number of ether oxygens (including phenoxy) is 1. The molecule has 0 aliphatic heterocycles. The molecule has 1 atom stereocenters. The number of amides is 1. The van der Waals surface area contributed by atoms with Crippen molar-refractivity contribution in [2.75, 3.05) is 12.4 Å². The lowest BCUT2D eigenvalue weighted by Crippen LogP contribution is -2.23.